The van der Waals surface area contributed by atoms with Crippen molar-refractivity contribution in [2.75, 3.05) is 4.72 Å². The molecule has 0 spiro atoms. The summed E-state index contributed by atoms with van der Waals surface area (Å²) < 4.78 is 4.18. The molecular formula is C12H11BrN2S. The highest BCUT2D eigenvalue weighted by atomic mass is 79.9. The minimum atomic E-state index is 0.855. The highest BCUT2D eigenvalue weighted by Crippen LogP contribution is 2.20. The first kappa shape index (κ1) is 11.5. The van der Waals surface area contributed by atoms with Crippen LogP contribution in [0.25, 0.3) is 0 Å². The Balaban J connectivity index is 1.97. The van der Waals surface area contributed by atoms with Crippen molar-refractivity contribution >= 4 is 33.7 Å². The van der Waals surface area contributed by atoms with E-state index in [1.165, 1.54) is 10.5 Å². The van der Waals surface area contributed by atoms with Gasteiger partial charge in [-0.25, -0.2) is 4.98 Å². The third-order valence-electron chi connectivity index (χ3n) is 2.02. The van der Waals surface area contributed by atoms with Crippen molar-refractivity contribution in [1.29, 1.82) is 0 Å². The Morgan fingerprint density at radius 1 is 1.12 bits per heavy atom. The minimum Gasteiger partial charge on any atom is -0.310 e. The van der Waals surface area contributed by atoms with Crippen LogP contribution in [-0.2, 0) is 0 Å². The standard InChI is InChI=1S/C12H11BrN2S/c1-9-2-5-11(6-3-9)16-15-12-7-4-10(13)8-14-12/h2-8H,1H3,(H,14,15). The van der Waals surface area contributed by atoms with Gasteiger partial charge in [0.2, 0.25) is 0 Å². The fourth-order valence-electron chi connectivity index (χ4n) is 1.15. The van der Waals surface area contributed by atoms with E-state index in [0.29, 0.717) is 0 Å². The average molecular weight is 295 g/mol. The zero-order valence-corrected chi connectivity index (χ0v) is 11.2. The molecule has 1 heterocycles. The highest BCUT2D eigenvalue weighted by molar-refractivity contribution is 9.10. The average Bonchev–Trinajstić information content (AvgIpc) is 2.30. The van der Waals surface area contributed by atoms with Gasteiger partial charge in [0, 0.05) is 15.6 Å². The molecule has 0 saturated carbocycles. The van der Waals surface area contributed by atoms with E-state index >= 15 is 0 Å². The summed E-state index contributed by atoms with van der Waals surface area (Å²) in [5, 5.41) is 0. The first-order valence-electron chi connectivity index (χ1n) is 4.85. The number of aromatic nitrogens is 1. The van der Waals surface area contributed by atoms with E-state index < -0.39 is 0 Å². The second kappa shape index (κ2) is 5.37. The number of rotatable bonds is 3. The number of nitrogens with one attached hydrogen (secondary N) is 1. The first-order chi connectivity index (χ1) is 7.74. The molecule has 82 valence electrons. The third kappa shape index (κ3) is 3.25. The predicted molar refractivity (Wildman–Crippen MR) is 72.6 cm³/mol. The maximum Gasteiger partial charge on any atom is 0.136 e. The van der Waals surface area contributed by atoms with E-state index in [1.807, 2.05) is 12.1 Å². The molecule has 0 bridgehead atoms. The summed E-state index contributed by atoms with van der Waals surface area (Å²) in [5.74, 6) is 0.855. The monoisotopic (exact) mass is 294 g/mol. The van der Waals surface area contributed by atoms with Gasteiger partial charge < -0.3 is 4.72 Å². The van der Waals surface area contributed by atoms with Crippen molar-refractivity contribution in [3.8, 4) is 0 Å². The molecule has 2 rings (SSSR count). The van der Waals surface area contributed by atoms with Gasteiger partial charge in [-0.15, -0.1) is 0 Å². The number of nitrogens with zero attached hydrogens (tertiary/aromatic N) is 1. The number of hydrogen-bond donors (Lipinski definition) is 1. The molecule has 16 heavy (non-hydrogen) atoms. The predicted octanol–water partition coefficient (Wildman–Crippen LogP) is 4.27. The van der Waals surface area contributed by atoms with Crippen LogP contribution in [0.1, 0.15) is 5.56 Å². The van der Waals surface area contributed by atoms with Crippen LogP contribution in [-0.4, -0.2) is 4.98 Å². The fourth-order valence-corrected chi connectivity index (χ4v) is 2.00. The van der Waals surface area contributed by atoms with Gasteiger partial charge >= 0.3 is 0 Å². The van der Waals surface area contributed by atoms with Gasteiger partial charge in [-0.05, 0) is 59.1 Å². The Morgan fingerprint density at radius 3 is 2.50 bits per heavy atom. The molecule has 0 aliphatic heterocycles. The van der Waals surface area contributed by atoms with Crippen LogP contribution in [0.2, 0.25) is 0 Å². The highest BCUT2D eigenvalue weighted by Gasteiger charge is 1.96. The van der Waals surface area contributed by atoms with Gasteiger partial charge in [0.15, 0.2) is 0 Å². The number of benzene rings is 1. The lowest BCUT2D eigenvalue weighted by Crippen LogP contribution is -1.89. The SMILES string of the molecule is Cc1ccc(SNc2ccc(Br)cn2)cc1. The van der Waals surface area contributed by atoms with Crippen molar-refractivity contribution in [1.82, 2.24) is 4.98 Å². The summed E-state index contributed by atoms with van der Waals surface area (Å²) in [5.41, 5.74) is 1.27. The molecular weight excluding hydrogens is 284 g/mol. The Hall–Kier alpha value is -1.00. The van der Waals surface area contributed by atoms with E-state index in [0.717, 1.165) is 10.3 Å². The number of aryl methyl sites for hydroxylation is 1. The smallest absolute Gasteiger partial charge is 0.136 e. The van der Waals surface area contributed by atoms with Crippen LogP contribution in [0.15, 0.2) is 52.0 Å². The quantitative estimate of drug-likeness (QED) is 0.856. The van der Waals surface area contributed by atoms with Crippen molar-refractivity contribution in [2.45, 2.75) is 11.8 Å². The molecule has 1 aromatic carbocycles. The summed E-state index contributed by atoms with van der Waals surface area (Å²) >= 11 is 4.91. The van der Waals surface area contributed by atoms with Crippen LogP contribution in [0, 0.1) is 6.92 Å². The molecule has 0 aliphatic rings. The van der Waals surface area contributed by atoms with Crippen LogP contribution in [0.3, 0.4) is 0 Å². The zero-order chi connectivity index (χ0) is 11.4. The first-order valence-corrected chi connectivity index (χ1v) is 6.46. The topological polar surface area (TPSA) is 24.9 Å². The maximum atomic E-state index is 4.23. The maximum absolute atomic E-state index is 4.23. The normalized spacial score (nSPS) is 10.1. The van der Waals surface area contributed by atoms with Gasteiger partial charge in [-0.1, -0.05) is 17.7 Å². The molecule has 1 aromatic heterocycles. The Morgan fingerprint density at radius 2 is 1.88 bits per heavy atom. The lowest BCUT2D eigenvalue weighted by Gasteiger charge is -2.04. The van der Waals surface area contributed by atoms with Crippen molar-refractivity contribution in [3.05, 3.63) is 52.6 Å². The number of anilines is 1. The number of hydrogen-bond acceptors (Lipinski definition) is 3. The Bertz CT molecular complexity index is 408. The summed E-state index contributed by atoms with van der Waals surface area (Å²) in [6.07, 6.45) is 1.78. The third-order valence-corrected chi connectivity index (χ3v) is 3.31. The molecule has 2 aromatic rings. The van der Waals surface area contributed by atoms with Crippen LogP contribution in [0.4, 0.5) is 5.82 Å². The van der Waals surface area contributed by atoms with Gasteiger partial charge in [-0.3, -0.25) is 0 Å². The van der Waals surface area contributed by atoms with Gasteiger partial charge in [0.25, 0.3) is 0 Å². The molecule has 4 heteroatoms. The minimum absolute atomic E-state index is 0.855. The molecule has 0 saturated heterocycles. The molecule has 0 fully saturated rings. The van der Waals surface area contributed by atoms with Crippen LogP contribution >= 0.6 is 27.9 Å². The van der Waals surface area contributed by atoms with E-state index in [4.69, 9.17) is 0 Å². The van der Waals surface area contributed by atoms with Gasteiger partial charge in [-0.2, -0.15) is 0 Å². The Labute approximate surface area is 108 Å². The summed E-state index contributed by atoms with van der Waals surface area (Å²) in [7, 11) is 0. The lowest BCUT2D eigenvalue weighted by molar-refractivity contribution is 1.31. The van der Waals surface area contributed by atoms with E-state index in [9.17, 15) is 0 Å². The molecule has 2 nitrogen and oxygen atoms in total. The summed E-state index contributed by atoms with van der Waals surface area (Å²) in [6, 6.07) is 12.3. The zero-order valence-electron chi connectivity index (χ0n) is 8.77. The largest absolute Gasteiger partial charge is 0.310 e. The van der Waals surface area contributed by atoms with Crippen molar-refractivity contribution in [3.63, 3.8) is 0 Å². The molecule has 0 amide bonds. The van der Waals surface area contributed by atoms with Crippen molar-refractivity contribution < 1.29 is 0 Å². The van der Waals surface area contributed by atoms with E-state index in [1.54, 1.807) is 18.1 Å². The summed E-state index contributed by atoms with van der Waals surface area (Å²) in [4.78, 5) is 5.41. The molecule has 0 unspecified atom stereocenters. The van der Waals surface area contributed by atoms with Crippen LogP contribution < -0.4 is 4.72 Å². The number of halogens is 1. The molecule has 0 radical (unpaired) electrons. The number of pyridine rings is 1. The molecule has 1 N–H and O–H groups in total. The summed E-state index contributed by atoms with van der Waals surface area (Å²) in [6.45, 7) is 2.08. The molecule has 0 atom stereocenters. The van der Waals surface area contributed by atoms with E-state index in [2.05, 4.69) is 56.8 Å². The van der Waals surface area contributed by atoms with Crippen molar-refractivity contribution in [2.24, 2.45) is 0 Å². The van der Waals surface area contributed by atoms with Gasteiger partial charge in [0.1, 0.15) is 5.82 Å². The molecule has 0 aliphatic carbocycles. The van der Waals surface area contributed by atoms with E-state index in [-0.39, 0.29) is 0 Å². The second-order valence-electron chi connectivity index (χ2n) is 3.38. The van der Waals surface area contributed by atoms with Crippen LogP contribution in [0.5, 0.6) is 0 Å². The lowest BCUT2D eigenvalue weighted by atomic mass is 10.2. The Kier molecular flexibility index (Phi) is 3.85. The van der Waals surface area contributed by atoms with Gasteiger partial charge in [0.05, 0.1) is 0 Å². The fraction of sp³-hybridized carbons (Fsp3) is 0.0833. The second-order valence-corrected chi connectivity index (χ2v) is 5.17.